The molecule has 0 fully saturated rings. The molecule has 0 aliphatic carbocycles. The van der Waals surface area contributed by atoms with E-state index in [0.29, 0.717) is 5.89 Å². The summed E-state index contributed by atoms with van der Waals surface area (Å²) in [5, 5.41) is 3.46. The van der Waals surface area contributed by atoms with E-state index in [1.807, 2.05) is 6.07 Å². The maximum absolute atomic E-state index is 5.28. The molecule has 0 spiro atoms. The van der Waals surface area contributed by atoms with Gasteiger partial charge in [-0.2, -0.15) is 4.98 Å². The topological polar surface area (TPSA) is 77.8 Å². The number of rotatable bonds is 1. The third-order valence-electron chi connectivity index (χ3n) is 1.35. The predicted molar refractivity (Wildman–Crippen MR) is 41.9 cm³/mol. The van der Waals surface area contributed by atoms with Crippen LogP contribution in [0.25, 0.3) is 11.5 Å². The second-order valence-corrected chi connectivity index (χ2v) is 2.20. The van der Waals surface area contributed by atoms with Gasteiger partial charge in [0.1, 0.15) is 0 Å². The summed E-state index contributed by atoms with van der Waals surface area (Å²) in [4.78, 5) is 7.74. The zero-order chi connectivity index (χ0) is 8.39. The third-order valence-corrected chi connectivity index (χ3v) is 1.35. The molecule has 5 nitrogen and oxygen atoms in total. The van der Waals surface area contributed by atoms with Crippen molar-refractivity contribution in [2.75, 3.05) is 5.73 Å². The van der Waals surface area contributed by atoms with Crippen molar-refractivity contribution in [1.29, 1.82) is 0 Å². The minimum atomic E-state index is 0.133. The number of nitrogens with zero attached hydrogens (tertiary/aromatic N) is 3. The van der Waals surface area contributed by atoms with Crippen molar-refractivity contribution in [1.82, 2.24) is 15.1 Å². The van der Waals surface area contributed by atoms with Crippen LogP contribution >= 0.6 is 0 Å². The average molecular weight is 162 g/mol. The second-order valence-electron chi connectivity index (χ2n) is 2.20. The highest BCUT2D eigenvalue weighted by Crippen LogP contribution is 2.14. The minimum Gasteiger partial charge on any atom is -0.365 e. The molecule has 2 N–H and O–H groups in total. The first-order chi connectivity index (χ1) is 5.86. The summed E-state index contributed by atoms with van der Waals surface area (Å²) in [5.41, 5.74) is 6.05. The molecule has 0 amide bonds. The molecule has 0 aromatic carbocycles. The molecule has 2 rings (SSSR count). The Morgan fingerprint density at radius 2 is 2.33 bits per heavy atom. The van der Waals surface area contributed by atoms with E-state index in [2.05, 4.69) is 15.1 Å². The Morgan fingerprint density at radius 1 is 1.42 bits per heavy atom. The quantitative estimate of drug-likeness (QED) is 0.668. The molecule has 12 heavy (non-hydrogen) atoms. The van der Waals surface area contributed by atoms with E-state index in [1.165, 1.54) is 0 Å². The van der Waals surface area contributed by atoms with Crippen LogP contribution < -0.4 is 5.73 Å². The number of nitrogens with two attached hydrogens (primary N) is 1. The SMILES string of the molecule is Nc1noc(-c2cccnc2)n1. The molecule has 2 aromatic rings. The van der Waals surface area contributed by atoms with Crippen molar-refractivity contribution < 1.29 is 4.52 Å². The van der Waals surface area contributed by atoms with Crippen LogP contribution in [-0.4, -0.2) is 15.1 Å². The van der Waals surface area contributed by atoms with Gasteiger partial charge in [-0.25, -0.2) is 0 Å². The van der Waals surface area contributed by atoms with Crippen LogP contribution in [0.1, 0.15) is 0 Å². The van der Waals surface area contributed by atoms with Crippen LogP contribution in [0.4, 0.5) is 5.95 Å². The Labute approximate surface area is 68.2 Å². The van der Waals surface area contributed by atoms with Gasteiger partial charge in [-0.3, -0.25) is 4.98 Å². The van der Waals surface area contributed by atoms with Crippen LogP contribution in [-0.2, 0) is 0 Å². The molecule has 2 heterocycles. The molecular formula is C7H6N4O. The standard InChI is InChI=1S/C7H6N4O/c8-7-10-6(12-11-7)5-2-1-3-9-4-5/h1-4H,(H2,8,11). The van der Waals surface area contributed by atoms with Gasteiger partial charge in [0.25, 0.3) is 11.8 Å². The number of hydrogen-bond donors (Lipinski definition) is 1. The normalized spacial score (nSPS) is 10.0. The van der Waals surface area contributed by atoms with E-state index in [1.54, 1.807) is 18.5 Å². The number of hydrogen-bond acceptors (Lipinski definition) is 5. The Balaban J connectivity index is 2.45. The van der Waals surface area contributed by atoms with Crippen molar-refractivity contribution in [3.63, 3.8) is 0 Å². The fourth-order valence-corrected chi connectivity index (χ4v) is 0.841. The Bertz CT molecular complexity index is 370. The van der Waals surface area contributed by atoms with E-state index >= 15 is 0 Å². The Kier molecular flexibility index (Phi) is 1.48. The molecule has 0 aliphatic heterocycles. The fourth-order valence-electron chi connectivity index (χ4n) is 0.841. The third kappa shape index (κ3) is 1.12. The lowest BCUT2D eigenvalue weighted by Crippen LogP contribution is -1.85. The summed E-state index contributed by atoms with van der Waals surface area (Å²) in [6.45, 7) is 0. The van der Waals surface area contributed by atoms with Crippen molar-refractivity contribution in [3.05, 3.63) is 24.5 Å². The van der Waals surface area contributed by atoms with Gasteiger partial charge in [-0.05, 0) is 17.3 Å². The summed E-state index contributed by atoms with van der Waals surface area (Å²) in [7, 11) is 0. The number of pyridine rings is 1. The highest BCUT2D eigenvalue weighted by atomic mass is 16.5. The molecule has 0 aliphatic rings. The Hall–Kier alpha value is -1.91. The highest BCUT2D eigenvalue weighted by Gasteiger charge is 2.04. The first-order valence-corrected chi connectivity index (χ1v) is 3.36. The van der Waals surface area contributed by atoms with Crippen LogP contribution in [0.5, 0.6) is 0 Å². The smallest absolute Gasteiger partial charge is 0.261 e. The van der Waals surface area contributed by atoms with Gasteiger partial charge in [-0.1, -0.05) is 0 Å². The molecule has 0 saturated carbocycles. The number of aromatic nitrogens is 3. The van der Waals surface area contributed by atoms with E-state index in [4.69, 9.17) is 10.3 Å². The number of nitrogen functional groups attached to an aromatic ring is 1. The van der Waals surface area contributed by atoms with Crippen LogP contribution in [0.3, 0.4) is 0 Å². The minimum absolute atomic E-state index is 0.133. The van der Waals surface area contributed by atoms with E-state index in [9.17, 15) is 0 Å². The zero-order valence-electron chi connectivity index (χ0n) is 6.14. The van der Waals surface area contributed by atoms with Crippen molar-refractivity contribution in [2.24, 2.45) is 0 Å². The highest BCUT2D eigenvalue weighted by molar-refractivity contribution is 5.51. The lowest BCUT2D eigenvalue weighted by Gasteiger charge is -1.88. The van der Waals surface area contributed by atoms with E-state index in [-0.39, 0.29) is 5.95 Å². The maximum Gasteiger partial charge on any atom is 0.261 e. The molecular weight excluding hydrogens is 156 g/mol. The van der Waals surface area contributed by atoms with Gasteiger partial charge in [-0.15, -0.1) is 0 Å². The zero-order valence-corrected chi connectivity index (χ0v) is 6.14. The van der Waals surface area contributed by atoms with Gasteiger partial charge in [0.2, 0.25) is 0 Å². The molecule has 0 atom stereocenters. The fraction of sp³-hybridized carbons (Fsp3) is 0. The molecule has 60 valence electrons. The van der Waals surface area contributed by atoms with Crippen molar-refractivity contribution in [3.8, 4) is 11.5 Å². The second kappa shape index (κ2) is 2.61. The molecule has 0 bridgehead atoms. The largest absolute Gasteiger partial charge is 0.365 e. The van der Waals surface area contributed by atoms with Gasteiger partial charge >= 0.3 is 0 Å². The maximum atomic E-state index is 5.28. The van der Waals surface area contributed by atoms with Gasteiger partial charge in [0.15, 0.2) is 0 Å². The summed E-state index contributed by atoms with van der Waals surface area (Å²) in [5.74, 6) is 0.523. The average Bonchev–Trinajstić information content (AvgIpc) is 2.54. The predicted octanol–water partition coefficient (Wildman–Crippen LogP) is 0.714. The summed E-state index contributed by atoms with van der Waals surface area (Å²) in [6.07, 6.45) is 3.30. The molecule has 5 heteroatoms. The van der Waals surface area contributed by atoms with E-state index in [0.717, 1.165) is 5.56 Å². The van der Waals surface area contributed by atoms with Crippen LogP contribution in [0.2, 0.25) is 0 Å². The van der Waals surface area contributed by atoms with Crippen molar-refractivity contribution >= 4 is 5.95 Å². The summed E-state index contributed by atoms with van der Waals surface area (Å²) >= 11 is 0. The summed E-state index contributed by atoms with van der Waals surface area (Å²) in [6, 6.07) is 3.61. The van der Waals surface area contributed by atoms with E-state index < -0.39 is 0 Å². The monoisotopic (exact) mass is 162 g/mol. The van der Waals surface area contributed by atoms with Gasteiger partial charge in [0, 0.05) is 12.4 Å². The lowest BCUT2D eigenvalue weighted by atomic mass is 10.3. The first kappa shape index (κ1) is 6.78. The Morgan fingerprint density at radius 3 is 2.92 bits per heavy atom. The van der Waals surface area contributed by atoms with Gasteiger partial charge < -0.3 is 10.3 Å². The van der Waals surface area contributed by atoms with Crippen molar-refractivity contribution in [2.45, 2.75) is 0 Å². The molecule has 0 radical (unpaired) electrons. The lowest BCUT2D eigenvalue weighted by molar-refractivity contribution is 0.433. The molecule has 0 unspecified atom stereocenters. The first-order valence-electron chi connectivity index (χ1n) is 3.36. The van der Waals surface area contributed by atoms with Crippen LogP contribution in [0, 0.1) is 0 Å². The van der Waals surface area contributed by atoms with Crippen LogP contribution in [0.15, 0.2) is 29.0 Å². The number of anilines is 1. The summed E-state index contributed by atoms with van der Waals surface area (Å²) < 4.78 is 4.82. The molecule has 2 aromatic heterocycles. The van der Waals surface area contributed by atoms with Gasteiger partial charge in [0.05, 0.1) is 5.56 Å². The molecule has 0 saturated heterocycles.